The molecule has 10 heteroatoms. The monoisotopic (exact) mass is 421 g/mol. The first-order valence-corrected chi connectivity index (χ1v) is 8.49. The van der Waals surface area contributed by atoms with Crippen molar-refractivity contribution in [2.24, 2.45) is 0 Å². The summed E-state index contributed by atoms with van der Waals surface area (Å²) in [5, 5.41) is 8.55. The zero-order chi connectivity index (χ0) is 16.2. The molecule has 2 rings (SSSR count). The lowest BCUT2D eigenvalue weighted by atomic mass is 10.2. The maximum absolute atomic E-state index is 12.1. The van der Waals surface area contributed by atoms with Crippen molar-refractivity contribution in [3.8, 4) is 0 Å². The third kappa shape index (κ3) is 5.79. The van der Waals surface area contributed by atoms with Gasteiger partial charge in [0.05, 0.1) is 11.4 Å². The fraction of sp³-hybridized carbons (Fsp3) is 0.0769. The Morgan fingerprint density at radius 1 is 1.26 bits per heavy atom. The number of carbonyl (C=O) groups excluding carboxylic acids is 1. The van der Waals surface area contributed by atoms with Gasteiger partial charge in [-0.25, -0.2) is 13.9 Å². The second kappa shape index (κ2) is 8.25. The molecule has 124 valence electrons. The van der Waals surface area contributed by atoms with Crippen molar-refractivity contribution in [2.75, 3.05) is 4.72 Å². The average molecular weight is 423 g/mol. The summed E-state index contributed by atoms with van der Waals surface area (Å²) in [4.78, 5) is 15.0. The first kappa shape index (κ1) is 19.4. The molecule has 0 aliphatic carbocycles. The molecule has 1 amide bonds. The summed E-state index contributed by atoms with van der Waals surface area (Å²) in [6.07, 6.45) is 1.27. The Morgan fingerprint density at radius 2 is 2.00 bits per heavy atom. The molecule has 0 radical (unpaired) electrons. The number of aromatic nitrogens is 1. The first-order chi connectivity index (χ1) is 10.4. The van der Waals surface area contributed by atoms with E-state index in [0.29, 0.717) is 5.56 Å². The Labute approximate surface area is 147 Å². The van der Waals surface area contributed by atoms with Gasteiger partial charge in [-0.05, 0) is 29.8 Å². The molecule has 0 atom stereocenters. The SMILES string of the molecule is Cl.O=C(NO)c1cc(NS(=O)(=O)Cc2cccc(Br)c2)ccn1. The summed E-state index contributed by atoms with van der Waals surface area (Å²) in [6, 6.07) is 9.57. The van der Waals surface area contributed by atoms with E-state index < -0.39 is 15.9 Å². The predicted octanol–water partition coefficient (Wildman–Crippen LogP) is 2.33. The second-order valence-corrected chi connectivity index (χ2v) is 7.00. The molecule has 23 heavy (non-hydrogen) atoms. The number of halogens is 2. The molecule has 1 aromatic heterocycles. The van der Waals surface area contributed by atoms with Gasteiger partial charge in [-0.15, -0.1) is 12.4 Å². The summed E-state index contributed by atoms with van der Waals surface area (Å²) in [7, 11) is -3.65. The molecule has 7 nitrogen and oxygen atoms in total. The van der Waals surface area contributed by atoms with Gasteiger partial charge in [0.15, 0.2) is 0 Å². The van der Waals surface area contributed by atoms with Crippen molar-refractivity contribution in [1.29, 1.82) is 0 Å². The standard InChI is InChI=1S/C13H12BrN3O4S.ClH/c14-10-3-1-2-9(6-10)8-22(20,21)17-11-4-5-15-12(7-11)13(18)16-19;/h1-7,19H,8H2,(H,15,17)(H,16,18);1H. The minimum Gasteiger partial charge on any atom is -0.288 e. The Bertz CT molecular complexity index is 801. The molecule has 0 spiro atoms. The maximum Gasteiger partial charge on any atom is 0.293 e. The molecule has 0 aliphatic rings. The number of hydrogen-bond acceptors (Lipinski definition) is 5. The van der Waals surface area contributed by atoms with Crippen molar-refractivity contribution < 1.29 is 18.4 Å². The Balaban J connectivity index is 0.00000264. The number of carbonyl (C=O) groups is 1. The van der Waals surface area contributed by atoms with Gasteiger partial charge in [-0.2, -0.15) is 0 Å². The van der Waals surface area contributed by atoms with E-state index in [2.05, 4.69) is 25.6 Å². The lowest BCUT2D eigenvalue weighted by molar-refractivity contribution is 0.0701. The Kier molecular flexibility index (Phi) is 6.95. The van der Waals surface area contributed by atoms with Crippen LogP contribution in [0.3, 0.4) is 0 Å². The normalized spacial score (nSPS) is 10.5. The van der Waals surface area contributed by atoms with Crippen LogP contribution in [0.4, 0.5) is 5.69 Å². The molecule has 0 fully saturated rings. The van der Waals surface area contributed by atoms with Gasteiger partial charge >= 0.3 is 0 Å². The van der Waals surface area contributed by atoms with Gasteiger partial charge in [0.2, 0.25) is 10.0 Å². The van der Waals surface area contributed by atoms with Crippen molar-refractivity contribution in [1.82, 2.24) is 10.5 Å². The van der Waals surface area contributed by atoms with Crippen molar-refractivity contribution >= 4 is 50.0 Å². The van der Waals surface area contributed by atoms with E-state index in [1.54, 1.807) is 24.3 Å². The molecular weight excluding hydrogens is 410 g/mol. The number of sulfonamides is 1. The van der Waals surface area contributed by atoms with Crippen LogP contribution in [0, 0.1) is 0 Å². The van der Waals surface area contributed by atoms with Crippen LogP contribution in [0.1, 0.15) is 16.1 Å². The van der Waals surface area contributed by atoms with Crippen LogP contribution in [0.2, 0.25) is 0 Å². The van der Waals surface area contributed by atoms with Crippen LogP contribution in [0.25, 0.3) is 0 Å². The van der Waals surface area contributed by atoms with E-state index in [9.17, 15) is 13.2 Å². The van der Waals surface area contributed by atoms with Crippen LogP contribution in [-0.4, -0.2) is 24.5 Å². The molecule has 0 aliphatic heterocycles. The van der Waals surface area contributed by atoms with Gasteiger partial charge in [0.1, 0.15) is 5.69 Å². The third-order valence-corrected chi connectivity index (χ3v) is 4.37. The quantitative estimate of drug-likeness (QED) is 0.506. The predicted molar refractivity (Wildman–Crippen MR) is 91.1 cm³/mol. The zero-order valence-electron chi connectivity index (χ0n) is 11.6. The Morgan fingerprint density at radius 3 is 2.65 bits per heavy atom. The molecular formula is C13H13BrClN3O4S. The number of anilines is 1. The molecule has 3 N–H and O–H groups in total. The van der Waals surface area contributed by atoms with E-state index in [1.165, 1.54) is 23.8 Å². The summed E-state index contributed by atoms with van der Waals surface area (Å²) in [5.41, 5.74) is 2.13. The highest BCUT2D eigenvalue weighted by molar-refractivity contribution is 9.10. The van der Waals surface area contributed by atoms with E-state index in [-0.39, 0.29) is 29.5 Å². The number of hydroxylamine groups is 1. The van der Waals surface area contributed by atoms with Crippen LogP contribution in [-0.2, 0) is 15.8 Å². The van der Waals surface area contributed by atoms with Gasteiger partial charge in [-0.1, -0.05) is 28.1 Å². The number of nitrogens with zero attached hydrogens (tertiary/aromatic N) is 1. The second-order valence-electron chi connectivity index (χ2n) is 4.36. The zero-order valence-corrected chi connectivity index (χ0v) is 14.8. The highest BCUT2D eigenvalue weighted by Gasteiger charge is 2.14. The first-order valence-electron chi connectivity index (χ1n) is 6.05. The summed E-state index contributed by atoms with van der Waals surface area (Å²) >= 11 is 3.28. The molecule has 0 bridgehead atoms. The van der Waals surface area contributed by atoms with Gasteiger partial charge < -0.3 is 0 Å². The lowest BCUT2D eigenvalue weighted by Crippen LogP contribution is -2.20. The van der Waals surface area contributed by atoms with Gasteiger partial charge in [0.25, 0.3) is 5.91 Å². The summed E-state index contributed by atoms with van der Waals surface area (Å²) in [5.74, 6) is -1.04. The number of hydrogen-bond donors (Lipinski definition) is 3. The van der Waals surface area contributed by atoms with Crippen LogP contribution >= 0.6 is 28.3 Å². The molecule has 1 heterocycles. The van der Waals surface area contributed by atoms with Crippen LogP contribution in [0.5, 0.6) is 0 Å². The molecule has 0 saturated carbocycles. The fourth-order valence-electron chi connectivity index (χ4n) is 1.74. The maximum atomic E-state index is 12.1. The van der Waals surface area contributed by atoms with Gasteiger partial charge in [0, 0.05) is 10.7 Å². The minimum atomic E-state index is -3.65. The van der Waals surface area contributed by atoms with Crippen molar-refractivity contribution in [3.05, 3.63) is 58.3 Å². The Hall–Kier alpha value is -1.68. The largest absolute Gasteiger partial charge is 0.293 e. The molecule has 1 aromatic carbocycles. The third-order valence-electron chi connectivity index (χ3n) is 2.61. The van der Waals surface area contributed by atoms with Crippen LogP contribution < -0.4 is 10.2 Å². The molecule has 0 unspecified atom stereocenters. The van der Waals surface area contributed by atoms with Crippen LogP contribution in [0.15, 0.2) is 47.1 Å². The smallest absolute Gasteiger partial charge is 0.288 e. The van der Waals surface area contributed by atoms with E-state index in [4.69, 9.17) is 5.21 Å². The number of rotatable bonds is 5. The van der Waals surface area contributed by atoms with E-state index in [1.807, 2.05) is 0 Å². The highest BCUT2D eigenvalue weighted by atomic mass is 79.9. The topological polar surface area (TPSA) is 108 Å². The summed E-state index contributed by atoms with van der Waals surface area (Å²) in [6.45, 7) is 0. The van der Waals surface area contributed by atoms with E-state index >= 15 is 0 Å². The molecule has 2 aromatic rings. The average Bonchev–Trinajstić information content (AvgIpc) is 2.45. The van der Waals surface area contributed by atoms with E-state index in [0.717, 1.165) is 4.47 Å². The minimum absolute atomic E-state index is 0. The van der Waals surface area contributed by atoms with Gasteiger partial charge in [-0.3, -0.25) is 19.7 Å². The number of benzene rings is 1. The van der Waals surface area contributed by atoms with Crippen molar-refractivity contribution in [2.45, 2.75) is 5.75 Å². The molecule has 0 saturated heterocycles. The number of nitrogens with one attached hydrogen (secondary N) is 2. The summed E-state index contributed by atoms with van der Waals surface area (Å²) < 4.78 is 27.4. The lowest BCUT2D eigenvalue weighted by Gasteiger charge is -2.09. The fourth-order valence-corrected chi connectivity index (χ4v) is 3.36. The van der Waals surface area contributed by atoms with Crippen molar-refractivity contribution in [3.63, 3.8) is 0 Å². The highest BCUT2D eigenvalue weighted by Crippen LogP contribution is 2.16. The number of pyridine rings is 1. The number of amides is 1.